The van der Waals surface area contributed by atoms with Crippen LogP contribution in [-0.4, -0.2) is 27.6 Å². The largest absolute Gasteiger partial charge is 0.361 e. The number of benzene rings is 1. The molecule has 130 valence electrons. The number of likely N-dealkylation sites (tertiary alicyclic amines) is 1. The lowest BCUT2D eigenvalue weighted by Gasteiger charge is -2.23. The van der Waals surface area contributed by atoms with Crippen LogP contribution in [0.3, 0.4) is 0 Å². The lowest BCUT2D eigenvalue weighted by atomic mass is 10.2. The predicted molar refractivity (Wildman–Crippen MR) is 96.5 cm³/mol. The highest BCUT2D eigenvalue weighted by molar-refractivity contribution is 7.18. The summed E-state index contributed by atoms with van der Waals surface area (Å²) in [4.78, 5) is 19.3. The Labute approximate surface area is 149 Å². The van der Waals surface area contributed by atoms with Gasteiger partial charge < -0.3 is 14.7 Å². The van der Waals surface area contributed by atoms with Crippen LogP contribution in [0, 0.1) is 13.8 Å². The highest BCUT2D eigenvalue weighted by Crippen LogP contribution is 2.36. The Morgan fingerprint density at radius 1 is 1.40 bits per heavy atom. The summed E-state index contributed by atoms with van der Waals surface area (Å²) in [6, 6.07) is 8.12. The Morgan fingerprint density at radius 3 is 3.00 bits per heavy atom. The number of hydrogen-bond acceptors (Lipinski definition) is 5. The Kier molecular flexibility index (Phi) is 4.17. The molecule has 25 heavy (non-hydrogen) atoms. The summed E-state index contributed by atoms with van der Waals surface area (Å²) < 4.78 is 6.32. The lowest BCUT2D eigenvalue weighted by molar-refractivity contribution is 0.192. The minimum absolute atomic E-state index is 0.0539. The summed E-state index contributed by atoms with van der Waals surface area (Å²) in [6.07, 6.45) is 1.96. The number of amides is 2. The van der Waals surface area contributed by atoms with Crippen LogP contribution in [0.2, 0.25) is 0 Å². The van der Waals surface area contributed by atoms with E-state index in [0.717, 1.165) is 46.9 Å². The maximum absolute atomic E-state index is 12.7. The molecule has 1 N–H and O–H groups in total. The Bertz CT molecular complexity index is 864. The molecule has 0 spiro atoms. The van der Waals surface area contributed by atoms with Crippen LogP contribution in [0.15, 0.2) is 28.8 Å². The molecule has 1 fully saturated rings. The first kappa shape index (κ1) is 16.1. The third-order valence-electron chi connectivity index (χ3n) is 4.71. The van der Waals surface area contributed by atoms with E-state index in [1.807, 2.05) is 36.9 Å². The number of nitrogens with one attached hydrogen (secondary N) is 1. The number of fused-ring (bicyclic) bond motifs is 1. The maximum atomic E-state index is 12.7. The molecule has 2 aromatic heterocycles. The summed E-state index contributed by atoms with van der Waals surface area (Å²) in [5, 5.41) is 7.96. The molecule has 0 unspecified atom stereocenters. The van der Waals surface area contributed by atoms with Gasteiger partial charge in [0.1, 0.15) is 10.8 Å². The van der Waals surface area contributed by atoms with Crippen molar-refractivity contribution in [2.45, 2.75) is 39.3 Å². The van der Waals surface area contributed by atoms with Crippen LogP contribution in [0.5, 0.6) is 0 Å². The molecule has 0 aliphatic carbocycles. The zero-order valence-electron chi connectivity index (χ0n) is 14.3. The smallest absolute Gasteiger partial charge is 0.318 e. The SMILES string of the molecule is Cc1noc(C)c1CNC(=O)N1CCC[C@H]1c1nc2ccccc2s1. The zero-order chi connectivity index (χ0) is 17.4. The molecule has 1 atom stereocenters. The zero-order valence-corrected chi connectivity index (χ0v) is 15.1. The number of carbonyl (C=O) groups excluding carboxylic acids is 1. The summed E-state index contributed by atoms with van der Waals surface area (Å²) in [5.74, 6) is 0.752. The Morgan fingerprint density at radius 2 is 2.24 bits per heavy atom. The number of urea groups is 1. The van der Waals surface area contributed by atoms with Crippen LogP contribution in [-0.2, 0) is 6.54 Å². The number of rotatable bonds is 3. The van der Waals surface area contributed by atoms with Crippen LogP contribution < -0.4 is 5.32 Å². The number of hydrogen-bond donors (Lipinski definition) is 1. The summed E-state index contributed by atoms with van der Waals surface area (Å²) >= 11 is 1.68. The number of nitrogens with zero attached hydrogens (tertiary/aromatic N) is 3. The minimum Gasteiger partial charge on any atom is -0.361 e. The highest BCUT2D eigenvalue weighted by atomic mass is 32.1. The summed E-state index contributed by atoms with van der Waals surface area (Å²) in [5.41, 5.74) is 2.77. The molecule has 6 nitrogen and oxygen atoms in total. The van der Waals surface area contributed by atoms with Crippen molar-refractivity contribution in [2.24, 2.45) is 0 Å². The maximum Gasteiger partial charge on any atom is 0.318 e. The lowest BCUT2D eigenvalue weighted by Crippen LogP contribution is -2.39. The second kappa shape index (κ2) is 6.48. The van der Waals surface area contributed by atoms with Crippen LogP contribution >= 0.6 is 11.3 Å². The molecule has 0 radical (unpaired) electrons. The first-order valence-electron chi connectivity index (χ1n) is 8.45. The van der Waals surface area contributed by atoms with Gasteiger partial charge in [0.15, 0.2) is 0 Å². The molecular weight excluding hydrogens is 336 g/mol. The number of carbonyl (C=O) groups is 1. The van der Waals surface area contributed by atoms with Crippen molar-refractivity contribution in [2.75, 3.05) is 6.54 Å². The monoisotopic (exact) mass is 356 g/mol. The second-order valence-electron chi connectivity index (χ2n) is 6.33. The van der Waals surface area contributed by atoms with Gasteiger partial charge in [0.05, 0.1) is 22.0 Å². The highest BCUT2D eigenvalue weighted by Gasteiger charge is 2.32. The second-order valence-corrected chi connectivity index (χ2v) is 7.39. The predicted octanol–water partition coefficient (Wildman–Crippen LogP) is 3.95. The normalized spacial score (nSPS) is 17.4. The standard InChI is InChI=1S/C18H20N4O2S/c1-11-13(12(2)24-21-11)10-19-18(23)22-9-5-7-15(22)17-20-14-6-3-4-8-16(14)25-17/h3-4,6,8,15H,5,7,9-10H2,1-2H3,(H,19,23)/t15-/m0/s1. The van der Waals surface area contributed by atoms with Gasteiger partial charge in [-0.2, -0.15) is 0 Å². The molecular formula is C18H20N4O2S. The molecule has 0 saturated carbocycles. The fraction of sp³-hybridized carbons (Fsp3) is 0.389. The van der Waals surface area contributed by atoms with E-state index in [-0.39, 0.29) is 12.1 Å². The van der Waals surface area contributed by atoms with Crippen molar-refractivity contribution in [3.63, 3.8) is 0 Å². The van der Waals surface area contributed by atoms with Crippen molar-refractivity contribution in [1.82, 2.24) is 20.4 Å². The molecule has 2 amide bonds. The van der Waals surface area contributed by atoms with Crippen molar-refractivity contribution in [1.29, 1.82) is 0 Å². The van der Waals surface area contributed by atoms with Gasteiger partial charge in [-0.15, -0.1) is 11.3 Å². The third kappa shape index (κ3) is 3.00. The van der Waals surface area contributed by atoms with Gasteiger partial charge in [0, 0.05) is 18.7 Å². The Balaban J connectivity index is 1.49. The number of thiazole rings is 1. The number of aromatic nitrogens is 2. The van der Waals surface area contributed by atoms with E-state index in [2.05, 4.69) is 16.5 Å². The van der Waals surface area contributed by atoms with Gasteiger partial charge in [0.2, 0.25) is 0 Å². The summed E-state index contributed by atoms with van der Waals surface area (Å²) in [6.45, 7) is 4.94. The fourth-order valence-electron chi connectivity index (χ4n) is 3.32. The van der Waals surface area contributed by atoms with Gasteiger partial charge in [-0.05, 0) is 38.8 Å². The van der Waals surface area contributed by atoms with E-state index in [4.69, 9.17) is 9.51 Å². The molecule has 7 heteroatoms. The fourth-order valence-corrected chi connectivity index (χ4v) is 4.43. The molecule has 1 aromatic carbocycles. The number of aryl methyl sites for hydroxylation is 2. The molecule has 0 bridgehead atoms. The van der Waals surface area contributed by atoms with Crippen molar-refractivity contribution < 1.29 is 9.32 Å². The summed E-state index contributed by atoms with van der Waals surface area (Å²) in [7, 11) is 0. The molecule has 3 aromatic rings. The van der Waals surface area contributed by atoms with E-state index >= 15 is 0 Å². The van der Waals surface area contributed by atoms with Crippen LogP contribution in [0.4, 0.5) is 4.79 Å². The Hall–Kier alpha value is -2.41. The van der Waals surface area contributed by atoms with Gasteiger partial charge in [-0.25, -0.2) is 9.78 Å². The molecule has 1 saturated heterocycles. The van der Waals surface area contributed by atoms with Crippen molar-refractivity contribution >= 4 is 27.6 Å². The average Bonchev–Trinajstić information content (AvgIpc) is 3.31. The van der Waals surface area contributed by atoms with Crippen molar-refractivity contribution in [3.05, 3.63) is 46.3 Å². The topological polar surface area (TPSA) is 71.3 Å². The third-order valence-corrected chi connectivity index (χ3v) is 5.84. The average molecular weight is 356 g/mol. The van der Waals surface area contributed by atoms with Gasteiger partial charge in [0.25, 0.3) is 0 Å². The van der Waals surface area contributed by atoms with Crippen LogP contribution in [0.25, 0.3) is 10.2 Å². The number of para-hydroxylation sites is 1. The van der Waals surface area contributed by atoms with Gasteiger partial charge >= 0.3 is 6.03 Å². The molecule has 1 aliphatic rings. The van der Waals surface area contributed by atoms with Crippen molar-refractivity contribution in [3.8, 4) is 0 Å². The molecule has 4 rings (SSSR count). The van der Waals surface area contributed by atoms with Gasteiger partial charge in [-0.3, -0.25) is 0 Å². The van der Waals surface area contributed by atoms with Gasteiger partial charge in [-0.1, -0.05) is 17.3 Å². The van der Waals surface area contributed by atoms with Crippen LogP contribution in [0.1, 0.15) is 40.9 Å². The molecule has 3 heterocycles. The quantitative estimate of drug-likeness (QED) is 0.771. The van der Waals surface area contributed by atoms with E-state index < -0.39 is 0 Å². The first-order valence-corrected chi connectivity index (χ1v) is 9.27. The first-order chi connectivity index (χ1) is 12.1. The van der Waals surface area contributed by atoms with E-state index in [1.54, 1.807) is 11.3 Å². The van der Waals surface area contributed by atoms with E-state index in [0.29, 0.717) is 6.54 Å². The van der Waals surface area contributed by atoms with E-state index in [1.165, 1.54) is 4.70 Å². The minimum atomic E-state index is -0.0539. The van der Waals surface area contributed by atoms with E-state index in [9.17, 15) is 4.79 Å². The molecule has 1 aliphatic heterocycles.